The van der Waals surface area contributed by atoms with Crippen LogP contribution in [0, 0.1) is 11.8 Å². The summed E-state index contributed by atoms with van der Waals surface area (Å²) in [6.07, 6.45) is 6.18. The number of hydrogen-bond acceptors (Lipinski definition) is 2. The second-order valence-corrected chi connectivity index (χ2v) is 6.26. The van der Waals surface area contributed by atoms with Gasteiger partial charge in [-0.3, -0.25) is 4.79 Å². The Morgan fingerprint density at radius 3 is 2.67 bits per heavy atom. The van der Waals surface area contributed by atoms with Crippen molar-refractivity contribution in [1.82, 2.24) is 4.90 Å². The summed E-state index contributed by atoms with van der Waals surface area (Å²) in [5.74, 6) is 0.719. The lowest BCUT2D eigenvalue weighted by Crippen LogP contribution is -2.41. The van der Waals surface area contributed by atoms with Crippen LogP contribution in [0.2, 0.25) is 0 Å². The number of rotatable bonds is 7. The van der Waals surface area contributed by atoms with Gasteiger partial charge in [0.05, 0.1) is 0 Å². The van der Waals surface area contributed by atoms with E-state index in [2.05, 4.69) is 25.7 Å². The van der Waals surface area contributed by atoms with Crippen molar-refractivity contribution in [1.29, 1.82) is 0 Å². The summed E-state index contributed by atoms with van der Waals surface area (Å²) in [5, 5.41) is 8.75. The molecule has 3 nitrogen and oxygen atoms in total. The Morgan fingerprint density at radius 2 is 2.06 bits per heavy atom. The molecule has 0 spiro atoms. The summed E-state index contributed by atoms with van der Waals surface area (Å²) < 4.78 is 0. The Morgan fingerprint density at radius 1 is 1.33 bits per heavy atom. The van der Waals surface area contributed by atoms with E-state index in [-0.39, 0.29) is 0 Å². The molecule has 2 unspecified atom stereocenters. The molecule has 0 aromatic rings. The van der Waals surface area contributed by atoms with Gasteiger partial charge in [-0.2, -0.15) is 0 Å². The third kappa shape index (κ3) is 5.85. The molecule has 1 aliphatic rings. The molecule has 1 saturated heterocycles. The quantitative estimate of drug-likeness (QED) is 0.758. The number of carboxylic acids is 1. The normalized spacial score (nSPS) is 23.2. The topological polar surface area (TPSA) is 40.5 Å². The van der Waals surface area contributed by atoms with E-state index < -0.39 is 5.97 Å². The SMILES string of the molecule is CC(C)CCC(C)N1CCCC(CCC(=O)O)C1. The highest BCUT2D eigenvalue weighted by molar-refractivity contribution is 5.66. The largest absolute Gasteiger partial charge is 0.481 e. The average molecular weight is 255 g/mol. The predicted octanol–water partition coefficient (Wildman–Crippen LogP) is 3.39. The molecule has 106 valence electrons. The Balaban J connectivity index is 2.30. The smallest absolute Gasteiger partial charge is 0.303 e. The first kappa shape index (κ1) is 15.5. The molecule has 2 atom stereocenters. The number of carboxylic acid groups (broad SMARTS) is 1. The van der Waals surface area contributed by atoms with Crippen LogP contribution in [-0.2, 0) is 4.79 Å². The van der Waals surface area contributed by atoms with E-state index >= 15 is 0 Å². The molecule has 0 aromatic heterocycles. The van der Waals surface area contributed by atoms with Gasteiger partial charge in [0.25, 0.3) is 0 Å². The molecule has 1 aliphatic heterocycles. The second-order valence-electron chi connectivity index (χ2n) is 6.26. The van der Waals surface area contributed by atoms with E-state index in [9.17, 15) is 4.79 Å². The van der Waals surface area contributed by atoms with Crippen molar-refractivity contribution in [2.24, 2.45) is 11.8 Å². The lowest BCUT2D eigenvalue weighted by atomic mass is 9.91. The maximum Gasteiger partial charge on any atom is 0.303 e. The Labute approximate surface area is 112 Å². The van der Waals surface area contributed by atoms with Crippen LogP contribution >= 0.6 is 0 Å². The summed E-state index contributed by atoms with van der Waals surface area (Å²) in [6.45, 7) is 9.18. The molecule has 0 bridgehead atoms. The molecule has 1 N–H and O–H groups in total. The van der Waals surface area contributed by atoms with E-state index in [0.717, 1.165) is 18.9 Å². The number of aliphatic carboxylic acids is 1. The second kappa shape index (κ2) is 7.78. The maximum absolute atomic E-state index is 10.6. The Hall–Kier alpha value is -0.570. The number of carbonyl (C=O) groups is 1. The van der Waals surface area contributed by atoms with Crippen LogP contribution in [0.4, 0.5) is 0 Å². The number of likely N-dealkylation sites (tertiary alicyclic amines) is 1. The lowest BCUT2D eigenvalue weighted by Gasteiger charge is -2.37. The van der Waals surface area contributed by atoms with Crippen LogP contribution in [0.5, 0.6) is 0 Å². The van der Waals surface area contributed by atoms with Crippen LogP contribution in [0.15, 0.2) is 0 Å². The summed E-state index contributed by atoms with van der Waals surface area (Å²) >= 11 is 0. The fourth-order valence-electron chi connectivity index (χ4n) is 2.82. The molecule has 1 fully saturated rings. The van der Waals surface area contributed by atoms with Crippen molar-refractivity contribution in [3.63, 3.8) is 0 Å². The summed E-state index contributed by atoms with van der Waals surface area (Å²) in [6, 6.07) is 0.653. The summed E-state index contributed by atoms with van der Waals surface area (Å²) in [7, 11) is 0. The minimum Gasteiger partial charge on any atom is -0.481 e. The van der Waals surface area contributed by atoms with Crippen LogP contribution in [-0.4, -0.2) is 35.1 Å². The van der Waals surface area contributed by atoms with E-state index in [0.29, 0.717) is 18.4 Å². The fraction of sp³-hybridized carbons (Fsp3) is 0.933. The van der Waals surface area contributed by atoms with Crippen LogP contribution in [0.1, 0.15) is 59.3 Å². The zero-order valence-electron chi connectivity index (χ0n) is 12.2. The highest BCUT2D eigenvalue weighted by Gasteiger charge is 2.23. The Kier molecular flexibility index (Phi) is 6.69. The molecule has 3 heteroatoms. The average Bonchev–Trinajstić information content (AvgIpc) is 2.33. The zero-order chi connectivity index (χ0) is 13.5. The van der Waals surface area contributed by atoms with Gasteiger partial charge < -0.3 is 10.0 Å². The molecule has 0 amide bonds. The fourth-order valence-corrected chi connectivity index (χ4v) is 2.82. The van der Waals surface area contributed by atoms with Crippen molar-refractivity contribution in [3.8, 4) is 0 Å². The standard InChI is InChI=1S/C15H29NO2/c1-12(2)6-7-13(3)16-10-4-5-14(11-16)8-9-15(17)18/h12-14H,4-11H2,1-3H3,(H,17,18). The Bertz CT molecular complexity index is 253. The van der Waals surface area contributed by atoms with Crippen LogP contribution in [0.25, 0.3) is 0 Å². The molecule has 1 heterocycles. The minimum absolute atomic E-state index is 0.332. The van der Waals surface area contributed by atoms with Crippen LogP contribution < -0.4 is 0 Å². The molecule has 1 rings (SSSR count). The van der Waals surface area contributed by atoms with Gasteiger partial charge in [-0.1, -0.05) is 13.8 Å². The van der Waals surface area contributed by atoms with Gasteiger partial charge in [-0.15, -0.1) is 0 Å². The van der Waals surface area contributed by atoms with E-state index in [1.54, 1.807) is 0 Å². The molecule has 0 aromatic carbocycles. The van der Waals surface area contributed by atoms with E-state index in [1.165, 1.54) is 32.2 Å². The third-order valence-electron chi connectivity index (χ3n) is 4.10. The van der Waals surface area contributed by atoms with Gasteiger partial charge in [0, 0.05) is 19.0 Å². The number of piperidine rings is 1. The third-order valence-corrected chi connectivity index (χ3v) is 4.10. The molecular weight excluding hydrogens is 226 g/mol. The monoisotopic (exact) mass is 255 g/mol. The van der Waals surface area contributed by atoms with E-state index in [4.69, 9.17) is 5.11 Å². The lowest BCUT2D eigenvalue weighted by molar-refractivity contribution is -0.137. The first-order valence-electron chi connectivity index (χ1n) is 7.45. The number of nitrogens with zero attached hydrogens (tertiary/aromatic N) is 1. The summed E-state index contributed by atoms with van der Waals surface area (Å²) in [4.78, 5) is 13.2. The van der Waals surface area contributed by atoms with Crippen molar-refractivity contribution >= 4 is 5.97 Å². The molecule has 18 heavy (non-hydrogen) atoms. The van der Waals surface area contributed by atoms with Gasteiger partial charge in [0.1, 0.15) is 0 Å². The number of hydrogen-bond donors (Lipinski definition) is 1. The van der Waals surface area contributed by atoms with Crippen molar-refractivity contribution in [3.05, 3.63) is 0 Å². The molecule has 0 aliphatic carbocycles. The molecular formula is C15H29NO2. The van der Waals surface area contributed by atoms with Gasteiger partial charge in [0.2, 0.25) is 0 Å². The highest BCUT2D eigenvalue weighted by Crippen LogP contribution is 2.24. The summed E-state index contributed by atoms with van der Waals surface area (Å²) in [5.41, 5.74) is 0. The van der Waals surface area contributed by atoms with Crippen molar-refractivity contribution in [2.45, 2.75) is 65.3 Å². The highest BCUT2D eigenvalue weighted by atomic mass is 16.4. The van der Waals surface area contributed by atoms with Gasteiger partial charge in [0.15, 0.2) is 0 Å². The maximum atomic E-state index is 10.6. The van der Waals surface area contributed by atoms with Crippen LogP contribution in [0.3, 0.4) is 0 Å². The van der Waals surface area contributed by atoms with Gasteiger partial charge in [-0.25, -0.2) is 0 Å². The van der Waals surface area contributed by atoms with Gasteiger partial charge in [-0.05, 0) is 57.4 Å². The van der Waals surface area contributed by atoms with Gasteiger partial charge >= 0.3 is 5.97 Å². The van der Waals surface area contributed by atoms with Crippen molar-refractivity contribution < 1.29 is 9.90 Å². The molecule has 0 radical (unpaired) electrons. The first-order valence-corrected chi connectivity index (χ1v) is 7.45. The van der Waals surface area contributed by atoms with Crippen molar-refractivity contribution in [2.75, 3.05) is 13.1 Å². The molecule has 0 saturated carbocycles. The minimum atomic E-state index is -0.653. The first-order chi connectivity index (χ1) is 8.49. The predicted molar refractivity (Wildman–Crippen MR) is 74.7 cm³/mol. The van der Waals surface area contributed by atoms with E-state index in [1.807, 2.05) is 0 Å². The zero-order valence-corrected chi connectivity index (χ0v) is 12.2.